The van der Waals surface area contributed by atoms with Gasteiger partial charge in [0.25, 0.3) is 0 Å². The van der Waals surface area contributed by atoms with Crippen molar-refractivity contribution in [3.05, 3.63) is 28.2 Å². The fourth-order valence-electron chi connectivity index (χ4n) is 1.54. The van der Waals surface area contributed by atoms with Crippen LogP contribution in [0.25, 0.3) is 0 Å². The lowest BCUT2D eigenvalue weighted by Crippen LogP contribution is -2.10. The molecule has 0 bridgehead atoms. The number of hydrogen-bond donors (Lipinski definition) is 1. The molecule has 0 saturated heterocycles. The Kier molecular flexibility index (Phi) is 6.11. The lowest BCUT2D eigenvalue weighted by molar-refractivity contribution is 0.314. The molecule has 1 aromatic rings. The van der Waals surface area contributed by atoms with Crippen LogP contribution in [0.3, 0.4) is 0 Å². The minimum atomic E-state index is -2.91. The molecule has 6 heteroatoms. The van der Waals surface area contributed by atoms with Crippen LogP contribution in [0.5, 0.6) is 5.75 Å². The van der Waals surface area contributed by atoms with Crippen LogP contribution in [-0.4, -0.2) is 33.6 Å². The predicted octanol–water partition coefficient (Wildman–Crippen LogP) is 1.76. The number of sulfone groups is 1. The van der Waals surface area contributed by atoms with E-state index in [4.69, 9.17) is 10.5 Å². The van der Waals surface area contributed by atoms with Gasteiger partial charge in [0.05, 0.1) is 12.4 Å². The first-order valence-electron chi connectivity index (χ1n) is 5.71. The largest absolute Gasteiger partial charge is 0.493 e. The quantitative estimate of drug-likeness (QED) is 0.771. The molecule has 0 aromatic heterocycles. The smallest absolute Gasteiger partial charge is 0.147 e. The summed E-state index contributed by atoms with van der Waals surface area (Å²) >= 11 is 3.40. The van der Waals surface area contributed by atoms with Crippen LogP contribution in [0.15, 0.2) is 22.7 Å². The summed E-state index contributed by atoms with van der Waals surface area (Å²) in [5.41, 5.74) is 6.57. The first kappa shape index (κ1) is 15.5. The molecule has 0 spiro atoms. The second-order valence-electron chi connectivity index (χ2n) is 4.12. The first-order valence-corrected chi connectivity index (χ1v) is 8.57. The molecule has 18 heavy (non-hydrogen) atoms. The van der Waals surface area contributed by atoms with E-state index in [-0.39, 0.29) is 5.75 Å². The van der Waals surface area contributed by atoms with Crippen molar-refractivity contribution in [1.29, 1.82) is 0 Å². The van der Waals surface area contributed by atoms with Crippen LogP contribution in [-0.2, 0) is 16.3 Å². The lowest BCUT2D eigenvalue weighted by atomic mass is 10.1. The van der Waals surface area contributed by atoms with Crippen LogP contribution < -0.4 is 10.5 Å². The summed E-state index contributed by atoms with van der Waals surface area (Å²) < 4.78 is 28.5. The highest BCUT2D eigenvalue weighted by Crippen LogP contribution is 2.23. The molecule has 1 aromatic carbocycles. The molecular weight excluding hydrogens is 318 g/mol. The third-order valence-electron chi connectivity index (χ3n) is 2.35. The van der Waals surface area contributed by atoms with Crippen molar-refractivity contribution < 1.29 is 13.2 Å². The number of halogens is 1. The Morgan fingerprint density at radius 3 is 2.72 bits per heavy atom. The fourth-order valence-corrected chi connectivity index (χ4v) is 2.59. The summed E-state index contributed by atoms with van der Waals surface area (Å²) in [6.45, 7) is 0.947. The van der Waals surface area contributed by atoms with Gasteiger partial charge in [-0.2, -0.15) is 0 Å². The van der Waals surface area contributed by atoms with Gasteiger partial charge in [-0.3, -0.25) is 0 Å². The highest BCUT2D eigenvalue weighted by molar-refractivity contribution is 9.10. The van der Waals surface area contributed by atoms with Gasteiger partial charge in [0.15, 0.2) is 0 Å². The fraction of sp³-hybridized carbons (Fsp3) is 0.500. The second kappa shape index (κ2) is 7.11. The molecular formula is C12H18BrNO3S. The Hall–Kier alpha value is -0.590. The van der Waals surface area contributed by atoms with Gasteiger partial charge < -0.3 is 10.5 Å². The van der Waals surface area contributed by atoms with E-state index in [0.717, 1.165) is 22.2 Å². The van der Waals surface area contributed by atoms with Crippen molar-refractivity contribution >= 4 is 25.8 Å². The third-order valence-corrected chi connectivity index (χ3v) is 3.88. The minimum Gasteiger partial charge on any atom is -0.493 e. The molecule has 0 saturated carbocycles. The normalized spacial score (nSPS) is 11.5. The van der Waals surface area contributed by atoms with Gasteiger partial charge >= 0.3 is 0 Å². The molecule has 2 N–H and O–H groups in total. The highest BCUT2D eigenvalue weighted by atomic mass is 79.9. The van der Waals surface area contributed by atoms with Gasteiger partial charge in [-0.05, 0) is 43.1 Å². The van der Waals surface area contributed by atoms with E-state index in [1.807, 2.05) is 18.2 Å². The Balaban J connectivity index is 2.56. The average molecular weight is 336 g/mol. The Morgan fingerprint density at radius 2 is 2.11 bits per heavy atom. The average Bonchev–Trinajstić information content (AvgIpc) is 2.26. The van der Waals surface area contributed by atoms with Crippen LogP contribution in [0, 0.1) is 0 Å². The van der Waals surface area contributed by atoms with Crippen LogP contribution in [0.1, 0.15) is 12.0 Å². The van der Waals surface area contributed by atoms with E-state index in [0.29, 0.717) is 19.6 Å². The molecule has 4 nitrogen and oxygen atoms in total. The number of ether oxygens (including phenoxy) is 1. The summed E-state index contributed by atoms with van der Waals surface area (Å²) in [6.07, 6.45) is 2.46. The molecule has 0 atom stereocenters. The summed E-state index contributed by atoms with van der Waals surface area (Å²) in [5.74, 6) is 0.924. The molecule has 0 heterocycles. The molecule has 0 fully saturated rings. The summed E-state index contributed by atoms with van der Waals surface area (Å²) in [5, 5.41) is 0. The van der Waals surface area contributed by atoms with Crippen molar-refractivity contribution in [2.24, 2.45) is 5.73 Å². The van der Waals surface area contributed by atoms with Gasteiger partial charge in [0.1, 0.15) is 15.6 Å². The van der Waals surface area contributed by atoms with E-state index < -0.39 is 9.84 Å². The lowest BCUT2D eigenvalue weighted by Gasteiger charge is -2.11. The van der Waals surface area contributed by atoms with Crippen LogP contribution >= 0.6 is 15.9 Å². The van der Waals surface area contributed by atoms with Crippen LogP contribution in [0.4, 0.5) is 0 Å². The Morgan fingerprint density at radius 1 is 1.39 bits per heavy atom. The summed E-state index contributed by atoms with van der Waals surface area (Å²) in [4.78, 5) is 0. The van der Waals surface area contributed by atoms with E-state index in [1.165, 1.54) is 6.26 Å². The third kappa shape index (κ3) is 5.84. The standard InChI is InChI=1S/C12H18BrNO3S/c1-18(15,16)8-2-7-17-12-4-3-11(13)9-10(12)5-6-14/h3-4,9H,2,5-8,14H2,1H3. The topological polar surface area (TPSA) is 69.4 Å². The maximum absolute atomic E-state index is 11.0. The van der Waals surface area contributed by atoms with E-state index in [1.54, 1.807) is 0 Å². The zero-order chi connectivity index (χ0) is 13.6. The van der Waals surface area contributed by atoms with Gasteiger partial charge in [0.2, 0.25) is 0 Å². The second-order valence-corrected chi connectivity index (χ2v) is 7.30. The first-order chi connectivity index (χ1) is 8.42. The van der Waals surface area contributed by atoms with Gasteiger partial charge in [-0.1, -0.05) is 15.9 Å². The van der Waals surface area contributed by atoms with Crippen molar-refractivity contribution in [3.63, 3.8) is 0 Å². The maximum atomic E-state index is 11.0. The highest BCUT2D eigenvalue weighted by Gasteiger charge is 2.06. The number of nitrogens with two attached hydrogens (primary N) is 1. The number of benzene rings is 1. The van der Waals surface area contributed by atoms with E-state index >= 15 is 0 Å². The van der Waals surface area contributed by atoms with Gasteiger partial charge in [-0.25, -0.2) is 8.42 Å². The molecule has 0 aliphatic rings. The molecule has 102 valence electrons. The van der Waals surface area contributed by atoms with Gasteiger partial charge in [0, 0.05) is 10.7 Å². The van der Waals surface area contributed by atoms with Crippen molar-refractivity contribution in [2.45, 2.75) is 12.8 Å². The molecule has 0 radical (unpaired) electrons. The number of rotatable bonds is 7. The van der Waals surface area contributed by atoms with E-state index in [2.05, 4.69) is 15.9 Å². The Bertz CT molecular complexity index is 488. The monoisotopic (exact) mass is 335 g/mol. The summed E-state index contributed by atoms with van der Waals surface area (Å²) in [7, 11) is -2.91. The number of hydrogen-bond acceptors (Lipinski definition) is 4. The molecule has 0 aliphatic heterocycles. The molecule has 0 aliphatic carbocycles. The van der Waals surface area contributed by atoms with Crippen LogP contribution in [0.2, 0.25) is 0 Å². The molecule has 1 rings (SSSR count). The predicted molar refractivity (Wildman–Crippen MR) is 76.7 cm³/mol. The zero-order valence-corrected chi connectivity index (χ0v) is 12.8. The summed E-state index contributed by atoms with van der Waals surface area (Å²) in [6, 6.07) is 5.74. The van der Waals surface area contributed by atoms with E-state index in [9.17, 15) is 8.42 Å². The Labute approximate surface area is 117 Å². The molecule has 0 amide bonds. The maximum Gasteiger partial charge on any atom is 0.147 e. The van der Waals surface area contributed by atoms with Gasteiger partial charge in [-0.15, -0.1) is 0 Å². The minimum absolute atomic E-state index is 0.149. The van der Waals surface area contributed by atoms with Crippen molar-refractivity contribution in [1.82, 2.24) is 0 Å². The SMILES string of the molecule is CS(=O)(=O)CCCOc1ccc(Br)cc1CCN. The van der Waals surface area contributed by atoms with Crippen molar-refractivity contribution in [2.75, 3.05) is 25.2 Å². The molecule has 0 unspecified atom stereocenters. The zero-order valence-electron chi connectivity index (χ0n) is 10.4. The van der Waals surface area contributed by atoms with Crippen molar-refractivity contribution in [3.8, 4) is 5.75 Å².